The number of aromatic carboxylic acids is 1. The van der Waals surface area contributed by atoms with E-state index in [9.17, 15) is 9.59 Å². The number of carbonyl (C=O) groups excluding carboxylic acids is 1. The van der Waals surface area contributed by atoms with Crippen molar-refractivity contribution in [3.8, 4) is 0 Å². The molecule has 1 aromatic heterocycles. The van der Waals surface area contributed by atoms with Crippen LogP contribution in [0.15, 0.2) is 30.6 Å². The second-order valence-electron chi connectivity index (χ2n) is 3.85. The van der Waals surface area contributed by atoms with E-state index in [2.05, 4.69) is 10.4 Å². The zero-order valence-electron chi connectivity index (χ0n) is 9.92. The molecule has 0 atom stereocenters. The van der Waals surface area contributed by atoms with Crippen LogP contribution in [0.2, 0.25) is 5.02 Å². The minimum absolute atomic E-state index is 0.0263. The van der Waals surface area contributed by atoms with Crippen LogP contribution < -0.4 is 5.32 Å². The summed E-state index contributed by atoms with van der Waals surface area (Å²) >= 11 is 5.79. The van der Waals surface area contributed by atoms with Gasteiger partial charge in [0.15, 0.2) is 0 Å². The van der Waals surface area contributed by atoms with Gasteiger partial charge in [-0.15, -0.1) is 0 Å². The Balaban J connectivity index is 2.30. The minimum Gasteiger partial charge on any atom is -0.478 e. The fraction of sp³-hybridized carbons (Fsp3) is 0.0833. The number of amides is 1. The molecule has 19 heavy (non-hydrogen) atoms. The predicted molar refractivity (Wildman–Crippen MR) is 69.6 cm³/mol. The van der Waals surface area contributed by atoms with E-state index in [4.69, 9.17) is 16.7 Å². The van der Waals surface area contributed by atoms with Crippen molar-refractivity contribution >= 4 is 29.2 Å². The molecule has 0 aliphatic carbocycles. The molecule has 2 N–H and O–H groups in total. The molecular formula is C12H10ClN3O3. The Kier molecular flexibility index (Phi) is 3.52. The van der Waals surface area contributed by atoms with E-state index in [0.29, 0.717) is 10.6 Å². The third kappa shape index (κ3) is 2.92. The minimum atomic E-state index is -1.14. The number of benzene rings is 1. The predicted octanol–water partition coefficient (Wildman–Crippen LogP) is 2.02. The Morgan fingerprint density at radius 1 is 1.42 bits per heavy atom. The van der Waals surface area contributed by atoms with Crippen LogP contribution in [0, 0.1) is 0 Å². The van der Waals surface area contributed by atoms with Gasteiger partial charge in [-0.25, -0.2) is 4.79 Å². The highest BCUT2D eigenvalue weighted by molar-refractivity contribution is 6.31. The van der Waals surface area contributed by atoms with Gasteiger partial charge in [0.2, 0.25) is 0 Å². The summed E-state index contributed by atoms with van der Waals surface area (Å²) in [7, 11) is 1.68. The van der Waals surface area contributed by atoms with E-state index in [1.807, 2.05) is 0 Å². The van der Waals surface area contributed by atoms with Crippen molar-refractivity contribution in [3.05, 3.63) is 46.7 Å². The zero-order chi connectivity index (χ0) is 14.0. The van der Waals surface area contributed by atoms with Crippen LogP contribution in [0.4, 0.5) is 5.69 Å². The second-order valence-corrected chi connectivity index (χ2v) is 4.29. The molecule has 1 aromatic carbocycles. The first-order chi connectivity index (χ1) is 8.97. The molecule has 0 aliphatic heterocycles. The van der Waals surface area contributed by atoms with Crippen molar-refractivity contribution in [3.63, 3.8) is 0 Å². The number of carbonyl (C=O) groups is 2. The van der Waals surface area contributed by atoms with Gasteiger partial charge in [0.25, 0.3) is 5.91 Å². The molecule has 6 nitrogen and oxygen atoms in total. The van der Waals surface area contributed by atoms with E-state index in [0.717, 1.165) is 0 Å². The molecule has 0 saturated carbocycles. The molecule has 0 bridgehead atoms. The molecule has 2 aromatic rings. The first-order valence-corrected chi connectivity index (χ1v) is 5.68. The van der Waals surface area contributed by atoms with Gasteiger partial charge < -0.3 is 10.4 Å². The molecular weight excluding hydrogens is 270 g/mol. The molecule has 1 heterocycles. The first kappa shape index (κ1) is 13.1. The monoisotopic (exact) mass is 279 g/mol. The molecule has 0 saturated heterocycles. The number of hydrogen-bond acceptors (Lipinski definition) is 3. The van der Waals surface area contributed by atoms with Crippen molar-refractivity contribution in [2.75, 3.05) is 5.32 Å². The van der Waals surface area contributed by atoms with Crippen LogP contribution in [0.25, 0.3) is 0 Å². The lowest BCUT2D eigenvalue weighted by molar-refractivity contribution is 0.0698. The summed E-state index contributed by atoms with van der Waals surface area (Å²) in [5.74, 6) is -1.59. The highest BCUT2D eigenvalue weighted by atomic mass is 35.5. The van der Waals surface area contributed by atoms with Gasteiger partial charge in [0.1, 0.15) is 0 Å². The van der Waals surface area contributed by atoms with Crippen molar-refractivity contribution in [2.24, 2.45) is 7.05 Å². The van der Waals surface area contributed by atoms with E-state index in [1.54, 1.807) is 7.05 Å². The van der Waals surface area contributed by atoms with E-state index >= 15 is 0 Å². The Labute approximate surface area is 113 Å². The topological polar surface area (TPSA) is 84.2 Å². The Morgan fingerprint density at radius 2 is 2.16 bits per heavy atom. The average molecular weight is 280 g/mol. The molecule has 0 spiro atoms. The summed E-state index contributed by atoms with van der Waals surface area (Å²) in [5, 5.41) is 15.7. The lowest BCUT2D eigenvalue weighted by atomic mass is 10.1. The largest absolute Gasteiger partial charge is 0.478 e. The number of aromatic nitrogens is 2. The number of halogens is 1. The number of nitrogens with zero attached hydrogens (tertiary/aromatic N) is 2. The van der Waals surface area contributed by atoms with Gasteiger partial charge in [0, 0.05) is 18.3 Å². The quantitative estimate of drug-likeness (QED) is 0.900. The number of carboxylic acids is 1. The molecule has 0 unspecified atom stereocenters. The van der Waals surface area contributed by atoms with Gasteiger partial charge >= 0.3 is 5.97 Å². The molecule has 7 heteroatoms. The van der Waals surface area contributed by atoms with Gasteiger partial charge in [-0.2, -0.15) is 5.10 Å². The second kappa shape index (κ2) is 5.11. The average Bonchev–Trinajstić information content (AvgIpc) is 2.75. The molecule has 0 fully saturated rings. The van der Waals surface area contributed by atoms with Crippen molar-refractivity contribution in [1.82, 2.24) is 9.78 Å². The van der Waals surface area contributed by atoms with Gasteiger partial charge in [-0.1, -0.05) is 11.6 Å². The number of carboxylic acid groups (broad SMARTS) is 1. The number of rotatable bonds is 3. The summed E-state index contributed by atoms with van der Waals surface area (Å²) < 4.78 is 1.48. The van der Waals surface area contributed by atoms with Crippen LogP contribution in [0.5, 0.6) is 0 Å². The lowest BCUT2D eigenvalue weighted by Gasteiger charge is -2.07. The number of anilines is 1. The maximum atomic E-state index is 11.9. The summed E-state index contributed by atoms with van der Waals surface area (Å²) in [6.45, 7) is 0. The molecule has 0 radical (unpaired) electrons. The summed E-state index contributed by atoms with van der Waals surface area (Å²) in [4.78, 5) is 23.0. The van der Waals surface area contributed by atoms with Crippen molar-refractivity contribution < 1.29 is 14.7 Å². The lowest BCUT2D eigenvalue weighted by Crippen LogP contribution is -2.14. The molecule has 1 amide bonds. The molecule has 2 rings (SSSR count). The van der Waals surface area contributed by atoms with E-state index < -0.39 is 11.9 Å². The highest BCUT2D eigenvalue weighted by Crippen LogP contribution is 2.21. The third-order valence-electron chi connectivity index (χ3n) is 2.43. The normalized spacial score (nSPS) is 10.2. The van der Waals surface area contributed by atoms with Crippen LogP contribution in [-0.4, -0.2) is 26.8 Å². The number of aryl methyl sites for hydroxylation is 1. The standard InChI is InChI=1S/C12H10ClN3O3/c1-16-6-7(5-14-16)11(17)15-10-4-8(13)2-3-9(10)12(18)19/h2-6H,1H3,(H,15,17)(H,18,19). The molecule has 98 valence electrons. The van der Waals surface area contributed by atoms with Gasteiger partial charge in [-0.3, -0.25) is 9.48 Å². The van der Waals surface area contributed by atoms with Crippen molar-refractivity contribution in [2.45, 2.75) is 0 Å². The number of hydrogen-bond donors (Lipinski definition) is 2. The summed E-state index contributed by atoms with van der Waals surface area (Å²) in [6.07, 6.45) is 2.92. The third-order valence-corrected chi connectivity index (χ3v) is 2.66. The van der Waals surface area contributed by atoms with E-state index in [-0.39, 0.29) is 11.3 Å². The van der Waals surface area contributed by atoms with Crippen LogP contribution >= 0.6 is 11.6 Å². The van der Waals surface area contributed by atoms with E-state index in [1.165, 1.54) is 35.3 Å². The maximum Gasteiger partial charge on any atom is 0.337 e. The first-order valence-electron chi connectivity index (χ1n) is 5.30. The Morgan fingerprint density at radius 3 is 2.74 bits per heavy atom. The fourth-order valence-corrected chi connectivity index (χ4v) is 1.71. The van der Waals surface area contributed by atoms with Crippen LogP contribution in [0.1, 0.15) is 20.7 Å². The van der Waals surface area contributed by atoms with Gasteiger partial charge in [0.05, 0.1) is 23.0 Å². The molecule has 0 aliphatic rings. The maximum absolute atomic E-state index is 11.9. The summed E-state index contributed by atoms with van der Waals surface area (Å²) in [6, 6.07) is 4.17. The fourth-order valence-electron chi connectivity index (χ4n) is 1.54. The van der Waals surface area contributed by atoms with Crippen molar-refractivity contribution in [1.29, 1.82) is 0 Å². The Bertz CT molecular complexity index is 651. The van der Waals surface area contributed by atoms with Crippen LogP contribution in [0.3, 0.4) is 0 Å². The highest BCUT2D eigenvalue weighted by Gasteiger charge is 2.14. The Hall–Kier alpha value is -2.34. The smallest absolute Gasteiger partial charge is 0.337 e. The summed E-state index contributed by atoms with van der Waals surface area (Å²) in [5.41, 5.74) is 0.453. The number of nitrogens with one attached hydrogen (secondary N) is 1. The van der Waals surface area contributed by atoms with Gasteiger partial charge in [-0.05, 0) is 18.2 Å². The zero-order valence-corrected chi connectivity index (χ0v) is 10.7. The SMILES string of the molecule is Cn1cc(C(=O)Nc2cc(Cl)ccc2C(=O)O)cn1. The van der Waals surface area contributed by atoms with Crippen LogP contribution in [-0.2, 0) is 7.05 Å².